The van der Waals surface area contributed by atoms with Gasteiger partial charge in [0, 0.05) is 25.9 Å². The fraction of sp³-hybridized carbons (Fsp3) is 0.789. The average molecular weight is 461 g/mol. The summed E-state index contributed by atoms with van der Waals surface area (Å²) < 4.78 is 37.2. The molecule has 2 fully saturated rings. The number of hydrogen-bond donors (Lipinski definition) is 2. The van der Waals surface area contributed by atoms with Gasteiger partial charge in [-0.25, -0.2) is 4.79 Å². The maximum Gasteiger partial charge on any atom is 0.347 e. The molecular formula is C19H32N3O8P. The van der Waals surface area contributed by atoms with E-state index in [0.717, 1.165) is 12.8 Å². The zero-order chi connectivity index (χ0) is 22.6. The van der Waals surface area contributed by atoms with E-state index in [9.17, 15) is 19.3 Å². The molecule has 2 aliphatic rings. The van der Waals surface area contributed by atoms with Crippen LogP contribution in [0.4, 0.5) is 0 Å². The van der Waals surface area contributed by atoms with Crippen molar-refractivity contribution in [3.8, 4) is 0 Å². The molecule has 0 bridgehead atoms. The van der Waals surface area contributed by atoms with E-state index in [1.54, 1.807) is 13.8 Å². The fourth-order valence-electron chi connectivity index (χ4n) is 4.32. The number of nitrogens with one attached hydrogen (secondary N) is 1. The minimum atomic E-state index is -3.37. The Morgan fingerprint density at radius 1 is 1.26 bits per heavy atom. The second kappa shape index (κ2) is 10.5. The molecule has 0 spiro atoms. The molecule has 1 aromatic rings. The van der Waals surface area contributed by atoms with Gasteiger partial charge in [-0.2, -0.15) is 0 Å². The molecule has 2 aliphatic heterocycles. The molecule has 3 rings (SSSR count). The SMILES string of the molecule is CCOP(=O)(OCC)C1CCCCN1C[C@H]1O[C@@H](n2ccc(=O)[nH]c2=O)C(OC)C1O. The van der Waals surface area contributed by atoms with Crippen LogP contribution in [0.15, 0.2) is 21.9 Å². The van der Waals surface area contributed by atoms with Crippen molar-refractivity contribution in [2.24, 2.45) is 0 Å². The Kier molecular flexibility index (Phi) is 8.25. The van der Waals surface area contributed by atoms with Gasteiger partial charge >= 0.3 is 13.3 Å². The van der Waals surface area contributed by atoms with Crippen LogP contribution in [0.5, 0.6) is 0 Å². The standard InChI is InChI=1S/C19H32N3O8P/c1-4-28-31(26,29-5-2)15-8-6-7-10-21(15)12-13-16(24)17(27-3)18(30-13)22-11-9-14(23)20-19(22)25/h9,11,13,15-18,24H,4-8,10,12H2,1-3H3,(H,20,23,25)/t13-,15?,16?,17?,18-/m1/s1. The minimum Gasteiger partial charge on any atom is -0.387 e. The number of likely N-dealkylation sites (tertiary alicyclic amines) is 1. The van der Waals surface area contributed by atoms with Crippen LogP contribution in [0.1, 0.15) is 39.3 Å². The first-order valence-electron chi connectivity index (χ1n) is 10.6. The number of aliphatic hydroxyl groups is 1. The van der Waals surface area contributed by atoms with E-state index >= 15 is 0 Å². The number of methoxy groups -OCH3 is 1. The van der Waals surface area contributed by atoms with Crippen LogP contribution in [0.25, 0.3) is 0 Å². The Bertz CT molecular complexity index is 879. The maximum atomic E-state index is 13.4. The normalized spacial score (nSPS) is 30.0. The van der Waals surface area contributed by atoms with E-state index in [4.69, 9.17) is 18.5 Å². The van der Waals surface area contributed by atoms with Crippen LogP contribution < -0.4 is 11.2 Å². The van der Waals surface area contributed by atoms with Gasteiger partial charge in [-0.15, -0.1) is 0 Å². The summed E-state index contributed by atoms with van der Waals surface area (Å²) >= 11 is 0. The number of H-pyrrole nitrogens is 1. The van der Waals surface area contributed by atoms with Crippen molar-refractivity contribution in [3.05, 3.63) is 33.1 Å². The summed E-state index contributed by atoms with van der Waals surface area (Å²) in [6.07, 6.45) is 0.307. The molecule has 0 amide bonds. The van der Waals surface area contributed by atoms with Crippen molar-refractivity contribution in [1.29, 1.82) is 0 Å². The number of nitrogens with zero attached hydrogens (tertiary/aromatic N) is 2. The summed E-state index contributed by atoms with van der Waals surface area (Å²) in [4.78, 5) is 27.8. The topological polar surface area (TPSA) is 132 Å². The van der Waals surface area contributed by atoms with Crippen LogP contribution in [0.3, 0.4) is 0 Å². The second-order valence-electron chi connectivity index (χ2n) is 7.62. The van der Waals surface area contributed by atoms with Crippen molar-refractivity contribution in [1.82, 2.24) is 14.5 Å². The number of rotatable bonds is 9. The highest BCUT2D eigenvalue weighted by molar-refractivity contribution is 7.54. The first-order chi connectivity index (χ1) is 14.8. The zero-order valence-electron chi connectivity index (χ0n) is 18.1. The van der Waals surface area contributed by atoms with Crippen LogP contribution in [0, 0.1) is 0 Å². The van der Waals surface area contributed by atoms with E-state index < -0.39 is 49.2 Å². The molecule has 0 aromatic carbocycles. The predicted molar refractivity (Wildman–Crippen MR) is 112 cm³/mol. The van der Waals surface area contributed by atoms with E-state index in [1.165, 1.54) is 23.9 Å². The molecule has 3 heterocycles. The van der Waals surface area contributed by atoms with Crippen LogP contribution in [0.2, 0.25) is 0 Å². The number of ether oxygens (including phenoxy) is 2. The van der Waals surface area contributed by atoms with Gasteiger partial charge in [0.15, 0.2) is 6.23 Å². The number of aliphatic hydroxyl groups excluding tert-OH is 1. The summed E-state index contributed by atoms with van der Waals surface area (Å²) in [5, 5.41) is 10.9. The Morgan fingerprint density at radius 3 is 2.58 bits per heavy atom. The fourth-order valence-corrected chi connectivity index (χ4v) is 6.57. The smallest absolute Gasteiger partial charge is 0.347 e. The van der Waals surface area contributed by atoms with E-state index in [2.05, 4.69) is 4.98 Å². The summed E-state index contributed by atoms with van der Waals surface area (Å²) in [5.41, 5.74) is -1.18. The van der Waals surface area contributed by atoms with Gasteiger partial charge in [0.25, 0.3) is 5.56 Å². The summed E-state index contributed by atoms with van der Waals surface area (Å²) in [6.45, 7) is 5.02. The Balaban J connectivity index is 1.82. The van der Waals surface area contributed by atoms with Crippen LogP contribution in [-0.4, -0.2) is 77.1 Å². The van der Waals surface area contributed by atoms with Gasteiger partial charge in [-0.3, -0.25) is 23.8 Å². The van der Waals surface area contributed by atoms with Gasteiger partial charge in [0.1, 0.15) is 24.1 Å². The highest BCUT2D eigenvalue weighted by Gasteiger charge is 2.48. The molecule has 1 aromatic heterocycles. The molecule has 176 valence electrons. The minimum absolute atomic E-state index is 0.268. The third-order valence-corrected chi connectivity index (χ3v) is 8.24. The monoisotopic (exact) mass is 461 g/mol. The lowest BCUT2D eigenvalue weighted by molar-refractivity contribution is -0.0605. The van der Waals surface area contributed by atoms with Crippen molar-refractivity contribution in [2.75, 3.05) is 33.4 Å². The van der Waals surface area contributed by atoms with Gasteiger partial charge in [0.05, 0.1) is 13.2 Å². The predicted octanol–water partition coefficient (Wildman–Crippen LogP) is 0.888. The van der Waals surface area contributed by atoms with E-state index in [1.807, 2.05) is 4.90 Å². The van der Waals surface area contributed by atoms with Crippen molar-refractivity contribution in [3.63, 3.8) is 0 Å². The first kappa shape index (κ1) is 24.3. The van der Waals surface area contributed by atoms with Crippen molar-refractivity contribution < 1.29 is 28.2 Å². The quantitative estimate of drug-likeness (QED) is 0.515. The molecule has 0 saturated carbocycles. The van der Waals surface area contributed by atoms with Gasteiger partial charge < -0.3 is 23.6 Å². The lowest BCUT2D eigenvalue weighted by Gasteiger charge is -2.40. The molecule has 11 nitrogen and oxygen atoms in total. The Morgan fingerprint density at radius 2 is 1.97 bits per heavy atom. The highest BCUT2D eigenvalue weighted by atomic mass is 31.2. The lowest BCUT2D eigenvalue weighted by atomic mass is 10.1. The second-order valence-corrected chi connectivity index (χ2v) is 9.81. The average Bonchev–Trinajstić information content (AvgIpc) is 3.03. The van der Waals surface area contributed by atoms with E-state index in [0.29, 0.717) is 13.0 Å². The summed E-state index contributed by atoms with van der Waals surface area (Å²) in [7, 11) is -1.95. The summed E-state index contributed by atoms with van der Waals surface area (Å²) in [6, 6.07) is 1.21. The number of hydrogen-bond acceptors (Lipinski definition) is 9. The Hall–Kier alpha value is -1.33. The summed E-state index contributed by atoms with van der Waals surface area (Å²) in [5.74, 6) is -0.437. The third kappa shape index (κ3) is 5.19. The van der Waals surface area contributed by atoms with Gasteiger partial charge in [-0.1, -0.05) is 0 Å². The zero-order valence-corrected chi connectivity index (χ0v) is 19.0. The highest BCUT2D eigenvalue weighted by Crippen LogP contribution is 2.56. The molecule has 5 atom stereocenters. The first-order valence-corrected chi connectivity index (χ1v) is 12.3. The van der Waals surface area contributed by atoms with Gasteiger partial charge in [-0.05, 0) is 39.7 Å². The number of piperidine rings is 1. The Labute approximate surface area is 180 Å². The van der Waals surface area contributed by atoms with Gasteiger partial charge in [0.2, 0.25) is 0 Å². The molecule has 3 unspecified atom stereocenters. The molecule has 12 heteroatoms. The molecular weight excluding hydrogens is 429 g/mol. The van der Waals surface area contributed by atoms with Crippen molar-refractivity contribution >= 4 is 7.60 Å². The van der Waals surface area contributed by atoms with Crippen LogP contribution >= 0.6 is 7.60 Å². The largest absolute Gasteiger partial charge is 0.387 e. The molecule has 2 saturated heterocycles. The molecule has 2 N–H and O–H groups in total. The van der Waals surface area contributed by atoms with Crippen LogP contribution in [-0.2, 0) is 23.1 Å². The van der Waals surface area contributed by atoms with Crippen molar-refractivity contribution in [2.45, 2.75) is 63.4 Å². The molecule has 0 aliphatic carbocycles. The lowest BCUT2D eigenvalue weighted by Crippen LogP contribution is -2.47. The maximum absolute atomic E-state index is 13.4. The molecule has 0 radical (unpaired) electrons. The van der Waals surface area contributed by atoms with E-state index in [-0.39, 0.29) is 19.8 Å². The molecule has 31 heavy (non-hydrogen) atoms. The number of aromatic amines is 1. The number of aromatic nitrogens is 2. The third-order valence-electron chi connectivity index (χ3n) is 5.69.